The number of nitro groups is 1. The molecule has 1 unspecified atom stereocenters. The fraction of sp³-hybridized carbons (Fsp3) is 1.00. The Balaban J connectivity index is 2.55. The fourth-order valence-corrected chi connectivity index (χ4v) is 1.27. The SMILES string of the molecule is O=[N+]([O-])CC1O[C@@H](CO)[C@H](O)[C@H]1O. The largest absolute Gasteiger partial charge is 0.394 e. The van der Waals surface area contributed by atoms with Gasteiger partial charge in [-0.3, -0.25) is 10.1 Å². The fourth-order valence-electron chi connectivity index (χ4n) is 1.27. The van der Waals surface area contributed by atoms with E-state index in [-0.39, 0.29) is 0 Å². The van der Waals surface area contributed by atoms with E-state index in [4.69, 9.17) is 9.84 Å². The van der Waals surface area contributed by atoms with Gasteiger partial charge >= 0.3 is 0 Å². The van der Waals surface area contributed by atoms with E-state index < -0.39 is 42.5 Å². The van der Waals surface area contributed by atoms with Gasteiger partial charge < -0.3 is 20.1 Å². The minimum Gasteiger partial charge on any atom is -0.394 e. The third-order valence-corrected chi connectivity index (χ3v) is 1.97. The summed E-state index contributed by atoms with van der Waals surface area (Å²) in [7, 11) is 0. The molecule has 0 aromatic rings. The van der Waals surface area contributed by atoms with E-state index in [0.29, 0.717) is 0 Å². The second-order valence-corrected chi connectivity index (χ2v) is 2.89. The molecule has 0 saturated carbocycles. The minimum atomic E-state index is -1.30. The van der Waals surface area contributed by atoms with Crippen molar-refractivity contribution in [3.05, 3.63) is 10.1 Å². The van der Waals surface area contributed by atoms with Crippen molar-refractivity contribution in [3.8, 4) is 0 Å². The van der Waals surface area contributed by atoms with Crippen LogP contribution in [0, 0.1) is 10.1 Å². The molecule has 76 valence electrons. The number of aliphatic hydroxyl groups is 3. The van der Waals surface area contributed by atoms with E-state index in [1.807, 2.05) is 0 Å². The number of hydrogen-bond acceptors (Lipinski definition) is 6. The van der Waals surface area contributed by atoms with Gasteiger partial charge in [0.2, 0.25) is 6.54 Å². The lowest BCUT2D eigenvalue weighted by Crippen LogP contribution is -2.36. The zero-order valence-corrected chi connectivity index (χ0v) is 6.74. The van der Waals surface area contributed by atoms with Crippen LogP contribution >= 0.6 is 0 Å². The van der Waals surface area contributed by atoms with Crippen molar-refractivity contribution >= 4 is 0 Å². The van der Waals surface area contributed by atoms with Crippen LogP contribution in [-0.2, 0) is 4.74 Å². The van der Waals surface area contributed by atoms with Crippen molar-refractivity contribution in [1.82, 2.24) is 0 Å². The molecule has 1 heterocycles. The second kappa shape index (κ2) is 3.97. The topological polar surface area (TPSA) is 113 Å². The molecule has 1 fully saturated rings. The molecular weight excluding hydrogens is 182 g/mol. The van der Waals surface area contributed by atoms with Crippen LogP contribution in [0.15, 0.2) is 0 Å². The van der Waals surface area contributed by atoms with Crippen LogP contribution in [0.2, 0.25) is 0 Å². The number of nitrogens with zero attached hydrogens (tertiary/aromatic N) is 1. The molecule has 0 spiro atoms. The van der Waals surface area contributed by atoms with Gasteiger partial charge in [0.25, 0.3) is 0 Å². The molecule has 0 aromatic carbocycles. The average molecular weight is 193 g/mol. The molecule has 0 bridgehead atoms. The zero-order chi connectivity index (χ0) is 10.0. The molecular formula is C6H11NO6. The van der Waals surface area contributed by atoms with E-state index in [0.717, 1.165) is 0 Å². The average Bonchev–Trinajstić information content (AvgIpc) is 2.32. The van der Waals surface area contributed by atoms with Gasteiger partial charge in [-0.2, -0.15) is 0 Å². The molecule has 7 nitrogen and oxygen atoms in total. The molecule has 3 N–H and O–H groups in total. The van der Waals surface area contributed by atoms with Crippen molar-refractivity contribution in [2.75, 3.05) is 13.2 Å². The lowest BCUT2D eigenvalue weighted by atomic mass is 10.1. The number of ether oxygens (including phenoxy) is 1. The van der Waals surface area contributed by atoms with Crippen LogP contribution in [0.4, 0.5) is 0 Å². The summed E-state index contributed by atoms with van der Waals surface area (Å²) in [6, 6.07) is 0. The van der Waals surface area contributed by atoms with Crippen LogP contribution in [0.5, 0.6) is 0 Å². The Labute approximate surface area is 73.7 Å². The number of rotatable bonds is 3. The lowest BCUT2D eigenvalue weighted by molar-refractivity contribution is -0.492. The Morgan fingerprint density at radius 2 is 1.85 bits per heavy atom. The van der Waals surface area contributed by atoms with Crippen molar-refractivity contribution in [3.63, 3.8) is 0 Å². The second-order valence-electron chi connectivity index (χ2n) is 2.89. The van der Waals surface area contributed by atoms with Crippen LogP contribution in [0.1, 0.15) is 0 Å². The Bertz CT molecular complexity index is 198. The van der Waals surface area contributed by atoms with E-state index in [2.05, 4.69) is 0 Å². The highest BCUT2D eigenvalue weighted by Gasteiger charge is 2.44. The van der Waals surface area contributed by atoms with Crippen molar-refractivity contribution < 1.29 is 25.0 Å². The molecule has 0 radical (unpaired) electrons. The van der Waals surface area contributed by atoms with Gasteiger partial charge in [0.05, 0.1) is 6.61 Å². The van der Waals surface area contributed by atoms with Crippen molar-refractivity contribution in [1.29, 1.82) is 0 Å². The maximum atomic E-state index is 10.1. The summed E-state index contributed by atoms with van der Waals surface area (Å²) >= 11 is 0. The van der Waals surface area contributed by atoms with Crippen LogP contribution in [0.25, 0.3) is 0 Å². The first kappa shape index (κ1) is 10.3. The zero-order valence-electron chi connectivity index (χ0n) is 6.74. The maximum absolute atomic E-state index is 10.1. The normalized spacial score (nSPS) is 39.3. The summed E-state index contributed by atoms with van der Waals surface area (Å²) in [6.07, 6.45) is -4.53. The summed E-state index contributed by atoms with van der Waals surface area (Å²) in [6.45, 7) is -1.04. The highest BCUT2D eigenvalue weighted by molar-refractivity contribution is 4.89. The quantitative estimate of drug-likeness (QED) is 0.344. The Hall–Kier alpha value is -0.760. The van der Waals surface area contributed by atoms with Gasteiger partial charge in [-0.1, -0.05) is 0 Å². The molecule has 4 atom stereocenters. The molecule has 1 aliphatic heterocycles. The van der Waals surface area contributed by atoms with Crippen molar-refractivity contribution in [2.24, 2.45) is 0 Å². The van der Waals surface area contributed by atoms with Gasteiger partial charge in [-0.15, -0.1) is 0 Å². The van der Waals surface area contributed by atoms with E-state index in [9.17, 15) is 20.3 Å². The summed E-state index contributed by atoms with van der Waals surface area (Å²) in [5.74, 6) is 0. The lowest BCUT2D eigenvalue weighted by Gasteiger charge is -2.10. The minimum absolute atomic E-state index is 0.466. The molecule has 1 rings (SSSR count). The van der Waals surface area contributed by atoms with Crippen LogP contribution < -0.4 is 0 Å². The Kier molecular flexibility index (Phi) is 3.15. The van der Waals surface area contributed by atoms with Crippen LogP contribution in [0.3, 0.4) is 0 Å². The van der Waals surface area contributed by atoms with Crippen LogP contribution in [-0.4, -0.2) is 57.8 Å². The molecule has 13 heavy (non-hydrogen) atoms. The van der Waals surface area contributed by atoms with Gasteiger partial charge in [0.15, 0.2) is 6.10 Å². The molecule has 0 aliphatic carbocycles. The third-order valence-electron chi connectivity index (χ3n) is 1.97. The molecule has 0 amide bonds. The van der Waals surface area contributed by atoms with Gasteiger partial charge in [-0.05, 0) is 0 Å². The van der Waals surface area contributed by atoms with Gasteiger partial charge in [-0.25, -0.2) is 0 Å². The standard InChI is InChI=1S/C6H11NO6/c8-2-4-6(10)5(9)3(13-4)1-7(11)12/h3-6,8-10H,1-2H2/t3?,4-,5-,6-/m0/s1. The predicted molar refractivity (Wildman–Crippen MR) is 39.6 cm³/mol. The smallest absolute Gasteiger partial charge is 0.232 e. The maximum Gasteiger partial charge on any atom is 0.232 e. The Morgan fingerprint density at radius 3 is 2.23 bits per heavy atom. The summed E-state index contributed by atoms with van der Waals surface area (Å²) < 4.78 is 4.85. The Morgan fingerprint density at radius 1 is 1.31 bits per heavy atom. The first-order valence-corrected chi connectivity index (χ1v) is 3.80. The summed E-state index contributed by atoms with van der Waals surface area (Å²) in [5.41, 5.74) is 0. The van der Waals surface area contributed by atoms with Crippen molar-refractivity contribution in [2.45, 2.75) is 24.4 Å². The third kappa shape index (κ3) is 2.13. The first-order valence-electron chi connectivity index (χ1n) is 3.80. The first-order chi connectivity index (χ1) is 6.06. The van der Waals surface area contributed by atoms with E-state index in [1.54, 1.807) is 0 Å². The van der Waals surface area contributed by atoms with Gasteiger partial charge in [0.1, 0.15) is 18.3 Å². The summed E-state index contributed by atoms with van der Waals surface area (Å²) in [5, 5.41) is 37.1. The molecule has 0 aromatic heterocycles. The van der Waals surface area contributed by atoms with E-state index >= 15 is 0 Å². The van der Waals surface area contributed by atoms with Gasteiger partial charge in [0, 0.05) is 4.92 Å². The summed E-state index contributed by atoms with van der Waals surface area (Å²) in [4.78, 5) is 9.43. The predicted octanol–water partition coefficient (Wildman–Crippen LogP) is -2.26. The monoisotopic (exact) mass is 193 g/mol. The highest BCUT2D eigenvalue weighted by atomic mass is 16.6. The van der Waals surface area contributed by atoms with E-state index in [1.165, 1.54) is 0 Å². The number of aliphatic hydroxyl groups excluding tert-OH is 3. The number of hydrogen-bond donors (Lipinski definition) is 3. The molecule has 1 aliphatic rings. The highest BCUT2D eigenvalue weighted by Crippen LogP contribution is 2.20. The molecule has 1 saturated heterocycles. The molecule has 7 heteroatoms.